The number of ether oxygens (including phenoxy) is 2. The van der Waals surface area contributed by atoms with Gasteiger partial charge in [0, 0.05) is 18.9 Å². The lowest BCUT2D eigenvalue weighted by Gasteiger charge is -2.10. The molecule has 104 valence electrons. The molecule has 0 unspecified atom stereocenters. The first kappa shape index (κ1) is 14.9. The van der Waals surface area contributed by atoms with E-state index in [-0.39, 0.29) is 11.5 Å². The van der Waals surface area contributed by atoms with Crippen LogP contribution in [0.2, 0.25) is 0 Å². The summed E-state index contributed by atoms with van der Waals surface area (Å²) in [4.78, 5) is 21.3. The van der Waals surface area contributed by atoms with E-state index >= 15 is 0 Å². The van der Waals surface area contributed by atoms with Crippen LogP contribution in [0.3, 0.4) is 0 Å². The summed E-state index contributed by atoms with van der Waals surface area (Å²) in [7, 11) is 1.47. The van der Waals surface area contributed by atoms with E-state index in [0.717, 1.165) is 0 Å². The summed E-state index contributed by atoms with van der Waals surface area (Å²) in [5.41, 5.74) is -0.0552. The van der Waals surface area contributed by atoms with E-state index in [1.807, 2.05) is 6.92 Å². The SMILES string of the molecule is CCC(=O)CCCOc1cc([N+](=O)[O-])ccc1OC. The molecule has 0 aliphatic heterocycles. The van der Waals surface area contributed by atoms with Crippen LogP contribution >= 0.6 is 0 Å². The van der Waals surface area contributed by atoms with Crippen molar-refractivity contribution in [3.8, 4) is 11.5 Å². The van der Waals surface area contributed by atoms with Crippen LogP contribution in [0.25, 0.3) is 0 Å². The number of Topliss-reactive ketones (excluding diaryl/α,β-unsaturated/α-hetero) is 1. The highest BCUT2D eigenvalue weighted by Gasteiger charge is 2.12. The van der Waals surface area contributed by atoms with E-state index < -0.39 is 4.92 Å². The van der Waals surface area contributed by atoms with E-state index in [4.69, 9.17) is 9.47 Å². The van der Waals surface area contributed by atoms with Gasteiger partial charge in [0.05, 0.1) is 24.7 Å². The van der Waals surface area contributed by atoms with Crippen LogP contribution in [-0.4, -0.2) is 24.4 Å². The van der Waals surface area contributed by atoms with Crippen molar-refractivity contribution < 1.29 is 19.2 Å². The minimum Gasteiger partial charge on any atom is -0.493 e. The quantitative estimate of drug-likeness (QED) is 0.411. The molecule has 0 atom stereocenters. The molecule has 0 bridgehead atoms. The third kappa shape index (κ3) is 4.57. The zero-order chi connectivity index (χ0) is 14.3. The minimum absolute atomic E-state index is 0.0552. The first-order valence-corrected chi connectivity index (χ1v) is 6.05. The van der Waals surface area contributed by atoms with Crippen molar-refractivity contribution in [1.29, 1.82) is 0 Å². The van der Waals surface area contributed by atoms with Crippen molar-refractivity contribution in [3.63, 3.8) is 0 Å². The van der Waals surface area contributed by atoms with Crippen LogP contribution in [0.5, 0.6) is 11.5 Å². The number of non-ortho nitro benzene ring substituents is 1. The van der Waals surface area contributed by atoms with Crippen molar-refractivity contribution in [1.82, 2.24) is 0 Å². The Kier molecular flexibility index (Phi) is 5.78. The number of nitro groups is 1. The molecule has 6 heteroatoms. The van der Waals surface area contributed by atoms with Gasteiger partial charge in [-0.15, -0.1) is 0 Å². The van der Waals surface area contributed by atoms with Gasteiger partial charge in [0.15, 0.2) is 11.5 Å². The van der Waals surface area contributed by atoms with Gasteiger partial charge in [-0.1, -0.05) is 6.92 Å². The van der Waals surface area contributed by atoms with Crippen molar-refractivity contribution in [3.05, 3.63) is 28.3 Å². The van der Waals surface area contributed by atoms with Gasteiger partial charge < -0.3 is 9.47 Å². The van der Waals surface area contributed by atoms with Crippen molar-refractivity contribution >= 4 is 11.5 Å². The minimum atomic E-state index is -0.493. The van der Waals surface area contributed by atoms with Crippen molar-refractivity contribution in [2.45, 2.75) is 26.2 Å². The molecule has 0 aliphatic rings. The summed E-state index contributed by atoms with van der Waals surface area (Å²) >= 11 is 0. The smallest absolute Gasteiger partial charge is 0.273 e. The van der Waals surface area contributed by atoms with Crippen LogP contribution in [0.4, 0.5) is 5.69 Å². The molecule has 0 aliphatic carbocycles. The van der Waals surface area contributed by atoms with Gasteiger partial charge in [-0.3, -0.25) is 14.9 Å². The number of hydrogen-bond acceptors (Lipinski definition) is 5. The van der Waals surface area contributed by atoms with Crippen molar-refractivity contribution in [2.24, 2.45) is 0 Å². The molecule has 0 aromatic heterocycles. The normalized spacial score (nSPS) is 10.0. The molecule has 0 N–H and O–H groups in total. The van der Waals surface area contributed by atoms with Gasteiger partial charge >= 0.3 is 0 Å². The van der Waals surface area contributed by atoms with Gasteiger partial charge in [-0.05, 0) is 12.5 Å². The summed E-state index contributed by atoms with van der Waals surface area (Å²) in [5.74, 6) is 0.933. The molecule has 0 saturated carbocycles. The Labute approximate surface area is 111 Å². The van der Waals surface area contributed by atoms with Crippen LogP contribution in [0, 0.1) is 10.1 Å². The molecule has 6 nitrogen and oxygen atoms in total. The standard InChI is InChI=1S/C13H17NO5/c1-3-11(15)5-4-8-19-13-9-10(14(16)17)6-7-12(13)18-2/h6-7,9H,3-5,8H2,1-2H3. The number of hydrogen-bond donors (Lipinski definition) is 0. The second-order valence-corrected chi connectivity index (χ2v) is 3.94. The van der Waals surface area contributed by atoms with Gasteiger partial charge in [0.25, 0.3) is 5.69 Å². The maximum atomic E-state index is 11.1. The molecule has 0 amide bonds. The van der Waals surface area contributed by atoms with Crippen molar-refractivity contribution in [2.75, 3.05) is 13.7 Å². The highest BCUT2D eigenvalue weighted by Crippen LogP contribution is 2.31. The average Bonchev–Trinajstić information content (AvgIpc) is 2.42. The van der Waals surface area contributed by atoms with Gasteiger partial charge in [-0.2, -0.15) is 0 Å². The Morgan fingerprint density at radius 3 is 2.68 bits per heavy atom. The van der Waals surface area contributed by atoms with Gasteiger partial charge in [0.2, 0.25) is 0 Å². The molecule has 0 spiro atoms. The fourth-order valence-corrected chi connectivity index (χ4v) is 1.52. The summed E-state index contributed by atoms with van der Waals surface area (Å²) < 4.78 is 10.5. The number of methoxy groups -OCH3 is 1. The predicted octanol–water partition coefficient (Wildman–Crippen LogP) is 2.74. The zero-order valence-corrected chi connectivity index (χ0v) is 11.0. The van der Waals surface area contributed by atoms with E-state index in [1.165, 1.54) is 25.3 Å². The number of carbonyl (C=O) groups excluding carboxylic acids is 1. The molecule has 1 aromatic rings. The van der Waals surface area contributed by atoms with Gasteiger partial charge in [-0.25, -0.2) is 0 Å². The number of nitrogens with zero attached hydrogens (tertiary/aromatic N) is 1. The Morgan fingerprint density at radius 1 is 1.37 bits per heavy atom. The largest absolute Gasteiger partial charge is 0.493 e. The second kappa shape index (κ2) is 7.35. The number of ketones is 1. The predicted molar refractivity (Wildman–Crippen MR) is 69.7 cm³/mol. The van der Waals surface area contributed by atoms with E-state index in [9.17, 15) is 14.9 Å². The Balaban J connectivity index is 2.62. The first-order valence-electron chi connectivity index (χ1n) is 6.05. The highest BCUT2D eigenvalue weighted by molar-refractivity contribution is 5.77. The van der Waals surface area contributed by atoms with Gasteiger partial charge in [0.1, 0.15) is 5.78 Å². The molecule has 0 saturated heterocycles. The number of nitro benzene ring substituents is 1. The lowest BCUT2D eigenvalue weighted by Crippen LogP contribution is -2.03. The monoisotopic (exact) mass is 267 g/mol. The summed E-state index contributed by atoms with van der Waals surface area (Å²) in [6.45, 7) is 2.13. The van der Waals surface area contributed by atoms with E-state index in [2.05, 4.69) is 0 Å². The highest BCUT2D eigenvalue weighted by atomic mass is 16.6. The van der Waals surface area contributed by atoms with Crippen LogP contribution in [-0.2, 0) is 4.79 Å². The summed E-state index contributed by atoms with van der Waals surface area (Å²) in [6, 6.07) is 4.16. The van der Waals surface area contributed by atoms with Crippen LogP contribution < -0.4 is 9.47 Å². The molecule has 1 rings (SSSR count). The Hall–Kier alpha value is -2.11. The molecule has 1 aromatic carbocycles. The number of benzene rings is 1. The van der Waals surface area contributed by atoms with E-state index in [0.29, 0.717) is 37.4 Å². The average molecular weight is 267 g/mol. The Bertz CT molecular complexity index is 458. The topological polar surface area (TPSA) is 78.7 Å². The second-order valence-electron chi connectivity index (χ2n) is 3.94. The van der Waals surface area contributed by atoms with Crippen LogP contribution in [0.15, 0.2) is 18.2 Å². The molecular weight excluding hydrogens is 250 g/mol. The van der Waals surface area contributed by atoms with Crippen LogP contribution in [0.1, 0.15) is 26.2 Å². The zero-order valence-electron chi connectivity index (χ0n) is 11.0. The number of carbonyl (C=O) groups is 1. The maximum absolute atomic E-state index is 11.1. The molecule has 0 fully saturated rings. The lowest BCUT2D eigenvalue weighted by molar-refractivity contribution is -0.385. The fourth-order valence-electron chi connectivity index (χ4n) is 1.52. The third-order valence-electron chi connectivity index (χ3n) is 2.61. The van der Waals surface area contributed by atoms with E-state index in [1.54, 1.807) is 0 Å². The molecule has 0 heterocycles. The summed E-state index contributed by atoms with van der Waals surface area (Å²) in [5, 5.41) is 10.7. The maximum Gasteiger partial charge on any atom is 0.273 e. The summed E-state index contributed by atoms with van der Waals surface area (Å²) in [6.07, 6.45) is 1.55. The molecule has 0 radical (unpaired) electrons. The molecular formula is C13H17NO5. The number of rotatable bonds is 8. The first-order chi connectivity index (χ1) is 9.08. The fraction of sp³-hybridized carbons (Fsp3) is 0.462. The third-order valence-corrected chi connectivity index (χ3v) is 2.61. The Morgan fingerprint density at radius 2 is 2.11 bits per heavy atom. The molecule has 19 heavy (non-hydrogen) atoms. The lowest BCUT2D eigenvalue weighted by atomic mass is 10.2.